The summed E-state index contributed by atoms with van der Waals surface area (Å²) >= 11 is 0. The van der Waals surface area contributed by atoms with Crippen molar-refractivity contribution in [1.82, 2.24) is 4.90 Å². The maximum absolute atomic E-state index is 11.9. The minimum absolute atomic E-state index is 0.0995. The maximum Gasteiger partial charge on any atom is 0.342 e. The Morgan fingerprint density at radius 3 is 2.06 bits per heavy atom. The van der Waals surface area contributed by atoms with E-state index < -0.39 is 5.97 Å². The van der Waals surface area contributed by atoms with Crippen molar-refractivity contribution >= 4 is 11.8 Å². The molecule has 0 aliphatic rings. The van der Waals surface area contributed by atoms with Crippen LogP contribution in [0.2, 0.25) is 0 Å². The summed E-state index contributed by atoms with van der Waals surface area (Å²) in [6.07, 6.45) is 1.82. The zero-order chi connectivity index (χ0) is 12.9. The number of hydrogen-bond donors (Lipinski definition) is 0. The molecule has 0 atom stereocenters. The predicted octanol–water partition coefficient (Wildman–Crippen LogP) is 1.61. The lowest BCUT2D eigenvalue weighted by Gasteiger charge is -2.18. The fourth-order valence-electron chi connectivity index (χ4n) is 1.18. The maximum atomic E-state index is 11.9. The predicted molar refractivity (Wildman–Crippen MR) is 62.9 cm³/mol. The Balaban J connectivity index is 4.93. The number of nitrogens with zero attached hydrogens (tertiary/aromatic N) is 1. The number of Topliss-reactive ketones (excluding diaryl/α,β-unsaturated/α-hetero) is 1. The number of esters is 1. The van der Waals surface area contributed by atoms with Crippen molar-refractivity contribution in [3.8, 4) is 0 Å². The molecule has 4 heteroatoms. The summed E-state index contributed by atoms with van der Waals surface area (Å²) in [6, 6.07) is 0. The molecule has 0 aromatic carbocycles. The Bertz CT molecular complexity index is 298. The SMILES string of the molecule is COC(=O)C(=CN(C)C)C(=O)CC(C)(C)C. The van der Waals surface area contributed by atoms with Crippen molar-refractivity contribution in [3.63, 3.8) is 0 Å². The molecule has 0 N–H and O–H groups in total. The largest absolute Gasteiger partial charge is 0.465 e. The van der Waals surface area contributed by atoms with Gasteiger partial charge in [0.05, 0.1) is 7.11 Å². The molecule has 0 amide bonds. The molecule has 92 valence electrons. The Labute approximate surface area is 97.3 Å². The number of ether oxygens (including phenoxy) is 1. The highest BCUT2D eigenvalue weighted by atomic mass is 16.5. The van der Waals surface area contributed by atoms with Gasteiger partial charge in [-0.05, 0) is 5.41 Å². The van der Waals surface area contributed by atoms with Crippen LogP contribution in [0.4, 0.5) is 0 Å². The second-order valence-corrected chi connectivity index (χ2v) is 5.16. The van der Waals surface area contributed by atoms with Gasteiger partial charge in [0.15, 0.2) is 5.78 Å². The molecule has 0 rings (SSSR count). The average Bonchev–Trinajstić information content (AvgIpc) is 2.09. The van der Waals surface area contributed by atoms with Crippen LogP contribution in [0.1, 0.15) is 27.2 Å². The summed E-state index contributed by atoms with van der Waals surface area (Å²) < 4.78 is 4.59. The standard InChI is InChI=1S/C12H21NO3/c1-12(2,3)7-10(14)9(8-13(4)5)11(15)16-6/h8H,7H2,1-6H3. The van der Waals surface area contributed by atoms with E-state index in [4.69, 9.17) is 0 Å². The Morgan fingerprint density at radius 2 is 1.75 bits per heavy atom. The summed E-state index contributed by atoms with van der Waals surface area (Å²) in [5, 5.41) is 0. The van der Waals surface area contributed by atoms with Gasteiger partial charge in [0, 0.05) is 26.7 Å². The second kappa shape index (κ2) is 5.68. The van der Waals surface area contributed by atoms with Gasteiger partial charge in [-0.25, -0.2) is 4.79 Å². The van der Waals surface area contributed by atoms with Crippen molar-refractivity contribution < 1.29 is 14.3 Å². The number of rotatable bonds is 4. The van der Waals surface area contributed by atoms with E-state index in [0.717, 1.165) is 0 Å². The van der Waals surface area contributed by atoms with Gasteiger partial charge in [-0.2, -0.15) is 0 Å². The van der Waals surface area contributed by atoms with Crippen LogP contribution in [0, 0.1) is 5.41 Å². The van der Waals surface area contributed by atoms with Gasteiger partial charge in [0.25, 0.3) is 0 Å². The number of hydrogen-bond acceptors (Lipinski definition) is 4. The first-order chi connectivity index (χ1) is 7.17. The third kappa shape index (κ3) is 5.53. The summed E-state index contributed by atoms with van der Waals surface area (Å²) in [6.45, 7) is 5.86. The van der Waals surface area contributed by atoms with Crippen molar-refractivity contribution in [3.05, 3.63) is 11.8 Å². The van der Waals surface area contributed by atoms with Crippen LogP contribution in [-0.2, 0) is 14.3 Å². The van der Waals surface area contributed by atoms with E-state index in [1.807, 2.05) is 20.8 Å². The number of methoxy groups -OCH3 is 1. The molecule has 0 radical (unpaired) electrons. The van der Waals surface area contributed by atoms with Gasteiger partial charge in [-0.1, -0.05) is 20.8 Å². The Kier molecular flexibility index (Phi) is 5.21. The summed E-state index contributed by atoms with van der Waals surface area (Å²) in [4.78, 5) is 25.0. The molecule has 4 nitrogen and oxygen atoms in total. The molecule has 16 heavy (non-hydrogen) atoms. The van der Waals surface area contributed by atoms with E-state index in [1.165, 1.54) is 13.3 Å². The van der Waals surface area contributed by atoms with Gasteiger partial charge >= 0.3 is 5.97 Å². The smallest absolute Gasteiger partial charge is 0.342 e. The molecular formula is C12H21NO3. The van der Waals surface area contributed by atoms with Crippen LogP contribution >= 0.6 is 0 Å². The summed E-state index contributed by atoms with van der Waals surface area (Å²) in [5.74, 6) is -0.768. The highest BCUT2D eigenvalue weighted by Gasteiger charge is 2.24. The van der Waals surface area contributed by atoms with Gasteiger partial charge in [-0.3, -0.25) is 4.79 Å². The van der Waals surface area contributed by atoms with Crippen LogP contribution in [0.5, 0.6) is 0 Å². The number of carbonyl (C=O) groups excluding carboxylic acids is 2. The molecular weight excluding hydrogens is 206 g/mol. The van der Waals surface area contributed by atoms with Crippen LogP contribution < -0.4 is 0 Å². The molecule has 0 aliphatic heterocycles. The van der Waals surface area contributed by atoms with Crippen LogP contribution in [0.3, 0.4) is 0 Å². The van der Waals surface area contributed by atoms with Crippen LogP contribution in [-0.4, -0.2) is 37.9 Å². The molecule has 0 saturated carbocycles. The highest BCUT2D eigenvalue weighted by Crippen LogP contribution is 2.21. The molecule has 0 aromatic heterocycles. The monoisotopic (exact) mass is 227 g/mol. The van der Waals surface area contributed by atoms with Crippen molar-refractivity contribution in [2.45, 2.75) is 27.2 Å². The molecule has 0 aliphatic carbocycles. The van der Waals surface area contributed by atoms with Crippen molar-refractivity contribution in [1.29, 1.82) is 0 Å². The van der Waals surface area contributed by atoms with Crippen LogP contribution in [0.25, 0.3) is 0 Å². The van der Waals surface area contributed by atoms with Gasteiger partial charge in [0.2, 0.25) is 0 Å². The highest BCUT2D eigenvalue weighted by molar-refractivity contribution is 6.17. The van der Waals surface area contributed by atoms with E-state index in [-0.39, 0.29) is 16.8 Å². The van der Waals surface area contributed by atoms with E-state index >= 15 is 0 Å². The normalized spacial score (nSPS) is 12.2. The zero-order valence-electron chi connectivity index (χ0n) is 11.0. The number of carbonyl (C=O) groups is 2. The first-order valence-electron chi connectivity index (χ1n) is 5.17. The minimum atomic E-state index is -0.581. The molecule has 0 fully saturated rings. The lowest BCUT2D eigenvalue weighted by Crippen LogP contribution is -2.22. The van der Waals surface area contributed by atoms with Crippen LogP contribution in [0.15, 0.2) is 11.8 Å². The fraction of sp³-hybridized carbons (Fsp3) is 0.667. The zero-order valence-corrected chi connectivity index (χ0v) is 11.0. The van der Waals surface area contributed by atoms with Gasteiger partial charge in [-0.15, -0.1) is 0 Å². The quantitative estimate of drug-likeness (QED) is 0.317. The number of ketones is 1. The topological polar surface area (TPSA) is 46.6 Å². The van der Waals surface area contributed by atoms with E-state index in [9.17, 15) is 9.59 Å². The van der Waals surface area contributed by atoms with Gasteiger partial charge < -0.3 is 9.64 Å². The summed E-state index contributed by atoms with van der Waals surface area (Å²) in [7, 11) is 4.79. The average molecular weight is 227 g/mol. The second-order valence-electron chi connectivity index (χ2n) is 5.16. The van der Waals surface area contributed by atoms with E-state index in [1.54, 1.807) is 19.0 Å². The first kappa shape index (κ1) is 14.7. The molecule has 0 unspecified atom stereocenters. The lowest BCUT2D eigenvalue weighted by atomic mass is 9.88. The summed E-state index contributed by atoms with van der Waals surface area (Å²) in [5.41, 5.74) is -0.0429. The Hall–Kier alpha value is -1.32. The Morgan fingerprint density at radius 1 is 1.25 bits per heavy atom. The molecule has 0 saturated heterocycles. The lowest BCUT2D eigenvalue weighted by molar-refractivity contribution is -0.138. The third-order valence-electron chi connectivity index (χ3n) is 1.78. The fourth-order valence-corrected chi connectivity index (χ4v) is 1.18. The van der Waals surface area contributed by atoms with E-state index in [2.05, 4.69) is 4.74 Å². The first-order valence-corrected chi connectivity index (χ1v) is 5.17. The van der Waals surface area contributed by atoms with Crippen molar-refractivity contribution in [2.24, 2.45) is 5.41 Å². The molecule has 0 spiro atoms. The molecule has 0 heterocycles. The van der Waals surface area contributed by atoms with E-state index in [0.29, 0.717) is 6.42 Å². The minimum Gasteiger partial charge on any atom is -0.465 e. The third-order valence-corrected chi connectivity index (χ3v) is 1.78. The van der Waals surface area contributed by atoms with Crippen molar-refractivity contribution in [2.75, 3.05) is 21.2 Å². The molecule has 0 bridgehead atoms. The molecule has 0 aromatic rings. The van der Waals surface area contributed by atoms with Gasteiger partial charge in [0.1, 0.15) is 5.57 Å².